The third-order valence-corrected chi connectivity index (χ3v) is 6.04. The van der Waals surface area contributed by atoms with Crippen molar-refractivity contribution < 1.29 is 9.18 Å². The molecule has 2 heterocycles. The van der Waals surface area contributed by atoms with Crippen molar-refractivity contribution >= 4 is 22.8 Å². The number of aromatic nitrogens is 2. The molecule has 0 aliphatic carbocycles. The minimum absolute atomic E-state index is 0.00883. The van der Waals surface area contributed by atoms with Gasteiger partial charge in [-0.15, -0.1) is 0 Å². The summed E-state index contributed by atoms with van der Waals surface area (Å²) in [6.45, 7) is 2.47. The summed E-state index contributed by atoms with van der Waals surface area (Å²) in [6, 6.07) is 22.8. The average Bonchev–Trinajstić information content (AvgIpc) is 3.46. The number of amides is 2. The van der Waals surface area contributed by atoms with E-state index in [4.69, 9.17) is 0 Å². The molecule has 1 atom stereocenters. The standard InChI is InChI=1S/C26H26FN5O/c27-22-8-1-3-10-24(22)31-13-12-21(17-31)30-26(33)28-15-19-6-5-7-20(14-19)16-32-18-29-23-9-2-4-11-25(23)32/h1-11,14,18,21H,12-13,15-17H2,(H2,28,30,33). The lowest BCUT2D eigenvalue weighted by molar-refractivity contribution is 0.237. The number of benzene rings is 3. The molecule has 33 heavy (non-hydrogen) atoms. The number of imidazole rings is 1. The van der Waals surface area contributed by atoms with Gasteiger partial charge in [-0.05, 0) is 41.8 Å². The van der Waals surface area contributed by atoms with Gasteiger partial charge in [0.1, 0.15) is 5.82 Å². The van der Waals surface area contributed by atoms with Gasteiger partial charge in [-0.1, -0.05) is 48.5 Å². The van der Waals surface area contributed by atoms with Crippen LogP contribution in [-0.2, 0) is 13.1 Å². The van der Waals surface area contributed by atoms with Crippen LogP contribution in [0.5, 0.6) is 0 Å². The smallest absolute Gasteiger partial charge is 0.315 e. The molecular weight excluding hydrogens is 417 g/mol. The Bertz CT molecular complexity index is 1270. The van der Waals surface area contributed by atoms with Crippen molar-refractivity contribution in [2.45, 2.75) is 25.6 Å². The highest BCUT2D eigenvalue weighted by molar-refractivity contribution is 5.75. The van der Waals surface area contributed by atoms with E-state index in [1.54, 1.807) is 12.1 Å². The number of hydrogen-bond donors (Lipinski definition) is 2. The minimum atomic E-state index is -0.230. The number of nitrogens with zero attached hydrogens (tertiary/aromatic N) is 3. The van der Waals surface area contributed by atoms with E-state index in [9.17, 15) is 9.18 Å². The number of hydrogen-bond acceptors (Lipinski definition) is 3. The van der Waals surface area contributed by atoms with Crippen LogP contribution < -0.4 is 15.5 Å². The summed E-state index contributed by atoms with van der Waals surface area (Å²) in [5, 5.41) is 5.96. The quantitative estimate of drug-likeness (QED) is 0.467. The zero-order valence-corrected chi connectivity index (χ0v) is 18.2. The lowest BCUT2D eigenvalue weighted by Crippen LogP contribution is -2.43. The third-order valence-electron chi connectivity index (χ3n) is 6.04. The minimum Gasteiger partial charge on any atom is -0.367 e. The molecule has 168 valence electrons. The number of anilines is 1. The molecule has 4 aromatic rings. The Balaban J connectivity index is 1.14. The molecule has 1 aliphatic heterocycles. The number of para-hydroxylation sites is 3. The molecule has 3 aromatic carbocycles. The van der Waals surface area contributed by atoms with Crippen molar-refractivity contribution in [2.24, 2.45) is 0 Å². The molecule has 7 heteroatoms. The van der Waals surface area contributed by atoms with Gasteiger partial charge in [0.2, 0.25) is 0 Å². The predicted octanol–water partition coefficient (Wildman–Crippen LogP) is 4.30. The van der Waals surface area contributed by atoms with Crippen molar-refractivity contribution in [2.75, 3.05) is 18.0 Å². The van der Waals surface area contributed by atoms with E-state index >= 15 is 0 Å². The number of fused-ring (bicyclic) bond motifs is 1. The maximum atomic E-state index is 14.0. The van der Waals surface area contributed by atoms with E-state index < -0.39 is 0 Å². The van der Waals surface area contributed by atoms with Crippen molar-refractivity contribution in [3.8, 4) is 0 Å². The van der Waals surface area contributed by atoms with Crippen LogP contribution in [0.1, 0.15) is 17.5 Å². The van der Waals surface area contributed by atoms with Crippen molar-refractivity contribution in [3.05, 3.63) is 96.1 Å². The summed E-state index contributed by atoms with van der Waals surface area (Å²) < 4.78 is 16.1. The Morgan fingerprint density at radius 2 is 1.85 bits per heavy atom. The lowest BCUT2D eigenvalue weighted by atomic mass is 10.1. The maximum absolute atomic E-state index is 14.0. The van der Waals surface area contributed by atoms with Crippen LogP contribution in [0, 0.1) is 5.82 Å². The molecule has 1 saturated heterocycles. The second-order valence-electron chi connectivity index (χ2n) is 8.39. The van der Waals surface area contributed by atoms with Crippen LogP contribution in [0.2, 0.25) is 0 Å². The maximum Gasteiger partial charge on any atom is 0.315 e. The van der Waals surface area contributed by atoms with Gasteiger partial charge in [-0.2, -0.15) is 0 Å². The number of urea groups is 1. The molecule has 1 unspecified atom stereocenters. The Labute approximate surface area is 192 Å². The molecule has 0 bridgehead atoms. The second kappa shape index (κ2) is 9.32. The van der Waals surface area contributed by atoms with Crippen LogP contribution in [0.3, 0.4) is 0 Å². The Hall–Kier alpha value is -3.87. The molecule has 2 amide bonds. The molecule has 0 radical (unpaired) electrons. The molecule has 0 spiro atoms. The SMILES string of the molecule is O=C(NCc1cccc(Cn2cnc3ccccc32)c1)NC1CCN(c2ccccc2F)C1. The first-order valence-electron chi connectivity index (χ1n) is 11.2. The van der Waals surface area contributed by atoms with Gasteiger partial charge >= 0.3 is 6.03 Å². The summed E-state index contributed by atoms with van der Waals surface area (Å²) >= 11 is 0. The first-order chi connectivity index (χ1) is 16.2. The number of carbonyl (C=O) groups excluding carboxylic acids is 1. The summed E-state index contributed by atoms with van der Waals surface area (Å²) in [5.74, 6) is -0.230. The van der Waals surface area contributed by atoms with Gasteiger partial charge in [0.25, 0.3) is 0 Å². The van der Waals surface area contributed by atoms with Crippen molar-refractivity contribution in [1.82, 2.24) is 20.2 Å². The summed E-state index contributed by atoms with van der Waals surface area (Å²) in [6.07, 6.45) is 2.64. The Morgan fingerprint density at radius 1 is 1.03 bits per heavy atom. The Morgan fingerprint density at radius 3 is 2.76 bits per heavy atom. The van der Waals surface area contributed by atoms with E-state index in [1.807, 2.05) is 47.6 Å². The lowest BCUT2D eigenvalue weighted by Gasteiger charge is -2.19. The van der Waals surface area contributed by atoms with Gasteiger partial charge in [-0.25, -0.2) is 14.2 Å². The van der Waals surface area contributed by atoms with E-state index in [1.165, 1.54) is 6.07 Å². The summed E-state index contributed by atoms with van der Waals surface area (Å²) in [4.78, 5) is 18.9. The van der Waals surface area contributed by atoms with Gasteiger partial charge in [-0.3, -0.25) is 0 Å². The number of nitrogens with one attached hydrogen (secondary N) is 2. The molecule has 6 nitrogen and oxygen atoms in total. The van der Waals surface area contributed by atoms with Crippen molar-refractivity contribution in [3.63, 3.8) is 0 Å². The van der Waals surface area contributed by atoms with E-state index in [0.29, 0.717) is 25.3 Å². The highest BCUT2D eigenvalue weighted by atomic mass is 19.1. The highest BCUT2D eigenvalue weighted by Gasteiger charge is 2.25. The topological polar surface area (TPSA) is 62.2 Å². The fourth-order valence-corrected chi connectivity index (χ4v) is 4.39. The average molecular weight is 444 g/mol. The second-order valence-corrected chi connectivity index (χ2v) is 8.39. The monoisotopic (exact) mass is 443 g/mol. The van der Waals surface area contributed by atoms with E-state index in [-0.39, 0.29) is 17.9 Å². The molecule has 1 aliphatic rings. The van der Waals surface area contributed by atoms with Gasteiger partial charge < -0.3 is 20.1 Å². The number of carbonyl (C=O) groups is 1. The molecule has 2 N–H and O–H groups in total. The zero-order chi connectivity index (χ0) is 22.6. The molecule has 5 rings (SSSR count). The molecular formula is C26H26FN5O. The number of rotatable bonds is 6. The van der Waals surface area contributed by atoms with Gasteiger partial charge in [0.05, 0.1) is 23.0 Å². The van der Waals surface area contributed by atoms with Crippen LogP contribution in [0.15, 0.2) is 79.1 Å². The van der Waals surface area contributed by atoms with Crippen LogP contribution in [0.4, 0.5) is 14.9 Å². The third kappa shape index (κ3) is 4.82. The normalized spacial score (nSPS) is 15.7. The predicted molar refractivity (Wildman–Crippen MR) is 128 cm³/mol. The zero-order valence-electron chi connectivity index (χ0n) is 18.2. The molecule has 0 saturated carbocycles. The van der Waals surface area contributed by atoms with E-state index in [2.05, 4.69) is 38.4 Å². The van der Waals surface area contributed by atoms with Crippen LogP contribution in [0.25, 0.3) is 11.0 Å². The summed E-state index contributed by atoms with van der Waals surface area (Å²) in [7, 11) is 0. The largest absolute Gasteiger partial charge is 0.367 e. The van der Waals surface area contributed by atoms with Crippen LogP contribution in [-0.4, -0.2) is 34.7 Å². The van der Waals surface area contributed by atoms with Gasteiger partial charge in [0, 0.05) is 32.2 Å². The fourth-order valence-electron chi connectivity index (χ4n) is 4.39. The van der Waals surface area contributed by atoms with Gasteiger partial charge in [0.15, 0.2) is 0 Å². The van der Waals surface area contributed by atoms with Crippen LogP contribution >= 0.6 is 0 Å². The van der Waals surface area contributed by atoms with E-state index in [0.717, 1.165) is 35.1 Å². The molecule has 1 aromatic heterocycles. The first kappa shape index (κ1) is 21.0. The summed E-state index contributed by atoms with van der Waals surface area (Å²) in [5.41, 5.74) is 4.85. The Kier molecular flexibility index (Phi) is 5.93. The highest BCUT2D eigenvalue weighted by Crippen LogP contribution is 2.23. The number of halogens is 1. The first-order valence-corrected chi connectivity index (χ1v) is 11.2. The van der Waals surface area contributed by atoms with Crippen molar-refractivity contribution in [1.29, 1.82) is 0 Å². The molecule has 1 fully saturated rings. The fraction of sp³-hybridized carbons (Fsp3) is 0.231.